The maximum Gasteiger partial charge on any atom is 0.131 e. The van der Waals surface area contributed by atoms with E-state index < -0.39 is 0 Å². The third-order valence-corrected chi connectivity index (χ3v) is 2.43. The predicted molar refractivity (Wildman–Crippen MR) is 71.5 cm³/mol. The van der Waals surface area contributed by atoms with Crippen LogP contribution in [-0.2, 0) is 6.54 Å². The van der Waals surface area contributed by atoms with Gasteiger partial charge in [-0.3, -0.25) is 4.68 Å². The summed E-state index contributed by atoms with van der Waals surface area (Å²) in [6.45, 7) is 4.64. The van der Waals surface area contributed by atoms with Gasteiger partial charge in [-0.2, -0.15) is 5.10 Å². The van der Waals surface area contributed by atoms with Crippen molar-refractivity contribution in [1.29, 1.82) is 0 Å². The van der Waals surface area contributed by atoms with Crippen LogP contribution in [0.2, 0.25) is 0 Å². The zero-order chi connectivity index (χ0) is 12.6. The van der Waals surface area contributed by atoms with Gasteiger partial charge >= 0.3 is 0 Å². The van der Waals surface area contributed by atoms with Crippen molar-refractivity contribution in [2.24, 2.45) is 0 Å². The SMILES string of the molecule is CCCNc1cc(NCCn2cccn2)ncn1. The molecule has 0 bridgehead atoms. The van der Waals surface area contributed by atoms with Crippen molar-refractivity contribution in [1.82, 2.24) is 19.7 Å². The molecule has 0 saturated heterocycles. The fourth-order valence-corrected chi connectivity index (χ4v) is 1.53. The highest BCUT2D eigenvalue weighted by molar-refractivity contribution is 5.46. The number of nitrogens with one attached hydrogen (secondary N) is 2. The molecule has 0 fully saturated rings. The smallest absolute Gasteiger partial charge is 0.131 e. The van der Waals surface area contributed by atoms with Crippen LogP contribution in [0.5, 0.6) is 0 Å². The largest absolute Gasteiger partial charge is 0.370 e. The molecule has 2 N–H and O–H groups in total. The standard InChI is InChI=1S/C12H18N6/c1-2-4-13-11-9-12(16-10-15-11)14-6-8-18-7-3-5-17-18/h3,5,7,9-10H,2,4,6,8H2,1H3,(H2,13,14,15,16). The van der Waals surface area contributed by atoms with Crippen LogP contribution in [0.3, 0.4) is 0 Å². The molecule has 0 radical (unpaired) electrons. The van der Waals surface area contributed by atoms with Crippen molar-refractivity contribution in [3.05, 3.63) is 30.9 Å². The third-order valence-electron chi connectivity index (χ3n) is 2.43. The van der Waals surface area contributed by atoms with Crippen LogP contribution in [0.15, 0.2) is 30.9 Å². The highest BCUT2D eigenvalue weighted by Crippen LogP contribution is 2.08. The lowest BCUT2D eigenvalue weighted by Crippen LogP contribution is -2.12. The van der Waals surface area contributed by atoms with Gasteiger partial charge in [0.25, 0.3) is 0 Å². The Morgan fingerprint density at radius 2 is 1.94 bits per heavy atom. The molecule has 2 rings (SSSR count). The molecule has 6 heteroatoms. The van der Waals surface area contributed by atoms with Gasteiger partial charge in [0, 0.05) is 31.5 Å². The number of hydrogen-bond donors (Lipinski definition) is 2. The van der Waals surface area contributed by atoms with Crippen molar-refractivity contribution in [3.8, 4) is 0 Å². The zero-order valence-corrected chi connectivity index (χ0v) is 10.5. The average molecular weight is 246 g/mol. The number of anilines is 2. The second-order valence-electron chi connectivity index (χ2n) is 3.91. The summed E-state index contributed by atoms with van der Waals surface area (Å²) in [6.07, 6.45) is 6.35. The minimum absolute atomic E-state index is 0.784. The highest BCUT2D eigenvalue weighted by atomic mass is 15.3. The average Bonchev–Trinajstić information content (AvgIpc) is 2.90. The molecule has 2 aromatic heterocycles. The van der Waals surface area contributed by atoms with Gasteiger partial charge < -0.3 is 10.6 Å². The number of rotatable bonds is 7. The van der Waals surface area contributed by atoms with E-state index in [4.69, 9.17) is 0 Å². The van der Waals surface area contributed by atoms with Crippen LogP contribution in [0, 0.1) is 0 Å². The van der Waals surface area contributed by atoms with E-state index in [0.717, 1.165) is 37.7 Å². The van der Waals surface area contributed by atoms with E-state index in [0.29, 0.717) is 0 Å². The molecule has 18 heavy (non-hydrogen) atoms. The van der Waals surface area contributed by atoms with E-state index in [9.17, 15) is 0 Å². The normalized spacial score (nSPS) is 10.3. The maximum atomic E-state index is 4.17. The number of aromatic nitrogens is 4. The van der Waals surface area contributed by atoms with Gasteiger partial charge in [0.05, 0.1) is 6.54 Å². The molecule has 0 aliphatic heterocycles. The first-order valence-corrected chi connectivity index (χ1v) is 6.15. The number of nitrogens with zero attached hydrogens (tertiary/aromatic N) is 4. The Balaban J connectivity index is 1.81. The second-order valence-corrected chi connectivity index (χ2v) is 3.91. The molecular weight excluding hydrogens is 228 g/mol. The minimum atomic E-state index is 0.784. The van der Waals surface area contributed by atoms with E-state index in [2.05, 4.69) is 32.6 Å². The summed E-state index contributed by atoms with van der Waals surface area (Å²) in [4.78, 5) is 8.33. The first-order valence-electron chi connectivity index (χ1n) is 6.15. The Bertz CT molecular complexity index is 453. The van der Waals surface area contributed by atoms with Gasteiger partial charge in [0.15, 0.2) is 0 Å². The van der Waals surface area contributed by atoms with Crippen LogP contribution >= 0.6 is 0 Å². The van der Waals surface area contributed by atoms with E-state index in [1.807, 2.05) is 23.0 Å². The highest BCUT2D eigenvalue weighted by Gasteiger charge is 1.97. The summed E-state index contributed by atoms with van der Waals surface area (Å²) >= 11 is 0. The van der Waals surface area contributed by atoms with Crippen LogP contribution in [0.1, 0.15) is 13.3 Å². The summed E-state index contributed by atoms with van der Waals surface area (Å²) in [5.74, 6) is 1.68. The van der Waals surface area contributed by atoms with Crippen LogP contribution in [0.4, 0.5) is 11.6 Å². The molecule has 0 spiro atoms. The van der Waals surface area contributed by atoms with Gasteiger partial charge in [-0.1, -0.05) is 6.92 Å². The van der Waals surface area contributed by atoms with Crippen molar-refractivity contribution < 1.29 is 0 Å². The Morgan fingerprint density at radius 1 is 1.17 bits per heavy atom. The van der Waals surface area contributed by atoms with Gasteiger partial charge in [-0.05, 0) is 12.5 Å². The fourth-order valence-electron chi connectivity index (χ4n) is 1.53. The Hall–Kier alpha value is -2.11. The van der Waals surface area contributed by atoms with Gasteiger partial charge in [-0.15, -0.1) is 0 Å². The van der Waals surface area contributed by atoms with Crippen molar-refractivity contribution >= 4 is 11.6 Å². The molecule has 0 unspecified atom stereocenters. The minimum Gasteiger partial charge on any atom is -0.370 e. The molecular formula is C12H18N6. The lowest BCUT2D eigenvalue weighted by atomic mass is 10.4. The molecule has 2 aromatic rings. The summed E-state index contributed by atoms with van der Waals surface area (Å²) in [5.41, 5.74) is 0. The van der Waals surface area contributed by atoms with E-state index >= 15 is 0 Å². The topological polar surface area (TPSA) is 67.7 Å². The van der Waals surface area contributed by atoms with Crippen molar-refractivity contribution in [2.75, 3.05) is 23.7 Å². The van der Waals surface area contributed by atoms with Gasteiger partial charge in [-0.25, -0.2) is 9.97 Å². The molecule has 0 amide bonds. The molecule has 0 aliphatic rings. The summed E-state index contributed by atoms with van der Waals surface area (Å²) in [5, 5.41) is 10.6. The molecule has 0 aromatic carbocycles. The molecule has 0 aliphatic carbocycles. The quantitative estimate of drug-likeness (QED) is 0.777. The van der Waals surface area contributed by atoms with Crippen molar-refractivity contribution in [3.63, 3.8) is 0 Å². The van der Waals surface area contributed by atoms with Crippen LogP contribution < -0.4 is 10.6 Å². The zero-order valence-electron chi connectivity index (χ0n) is 10.5. The molecule has 96 valence electrons. The summed E-state index contributed by atoms with van der Waals surface area (Å²) < 4.78 is 1.88. The first-order chi connectivity index (χ1) is 8.88. The Labute approximate surface area is 106 Å². The van der Waals surface area contributed by atoms with Crippen molar-refractivity contribution in [2.45, 2.75) is 19.9 Å². The van der Waals surface area contributed by atoms with E-state index in [1.54, 1.807) is 12.5 Å². The fraction of sp³-hybridized carbons (Fsp3) is 0.417. The second kappa shape index (κ2) is 6.58. The Morgan fingerprint density at radius 3 is 2.61 bits per heavy atom. The predicted octanol–water partition coefficient (Wildman–Crippen LogP) is 1.61. The third kappa shape index (κ3) is 3.73. The van der Waals surface area contributed by atoms with E-state index in [-0.39, 0.29) is 0 Å². The lowest BCUT2D eigenvalue weighted by molar-refractivity contribution is 0.637. The van der Waals surface area contributed by atoms with Gasteiger partial charge in [0.1, 0.15) is 18.0 Å². The van der Waals surface area contributed by atoms with Gasteiger partial charge in [0.2, 0.25) is 0 Å². The lowest BCUT2D eigenvalue weighted by Gasteiger charge is -2.08. The van der Waals surface area contributed by atoms with E-state index in [1.165, 1.54) is 0 Å². The molecule has 6 nitrogen and oxygen atoms in total. The molecule has 0 saturated carbocycles. The molecule has 2 heterocycles. The number of hydrogen-bond acceptors (Lipinski definition) is 5. The van der Waals surface area contributed by atoms with Crippen LogP contribution in [0.25, 0.3) is 0 Å². The summed E-state index contributed by atoms with van der Waals surface area (Å²) in [7, 11) is 0. The summed E-state index contributed by atoms with van der Waals surface area (Å²) in [6, 6.07) is 3.83. The molecule has 0 atom stereocenters. The monoisotopic (exact) mass is 246 g/mol. The first kappa shape index (κ1) is 12.3. The Kier molecular flexibility index (Phi) is 4.52. The maximum absolute atomic E-state index is 4.17. The van der Waals surface area contributed by atoms with Crippen LogP contribution in [-0.4, -0.2) is 32.8 Å².